The fourth-order valence-electron chi connectivity index (χ4n) is 3.50. The van der Waals surface area contributed by atoms with Crippen LogP contribution in [0.2, 0.25) is 0 Å². The summed E-state index contributed by atoms with van der Waals surface area (Å²) in [5.74, 6) is -2.76. The van der Waals surface area contributed by atoms with Crippen LogP contribution in [-0.4, -0.2) is 35.4 Å². The molecule has 2 aromatic rings. The maximum Gasteiger partial charge on any atom is 0.272 e. The summed E-state index contributed by atoms with van der Waals surface area (Å²) < 4.78 is 26.3. The number of aromatic nitrogens is 1. The van der Waals surface area contributed by atoms with Crippen LogP contribution in [-0.2, 0) is 0 Å². The summed E-state index contributed by atoms with van der Waals surface area (Å²) in [6.07, 6.45) is 9.33. The first kappa shape index (κ1) is 19.0. The lowest BCUT2D eigenvalue weighted by Gasteiger charge is -2.25. The van der Waals surface area contributed by atoms with E-state index >= 15 is 0 Å². The lowest BCUT2D eigenvalue weighted by molar-refractivity contribution is 0.0795. The monoisotopic (exact) mass is 358 g/mol. The van der Waals surface area contributed by atoms with Crippen LogP contribution >= 0.6 is 0 Å². The van der Waals surface area contributed by atoms with Crippen molar-refractivity contribution in [3.05, 3.63) is 40.9 Å². The van der Waals surface area contributed by atoms with E-state index in [2.05, 4.69) is 16.8 Å². The normalized spacial score (nSPS) is 18.9. The number of alkyl halides is 2. The van der Waals surface area contributed by atoms with Crippen molar-refractivity contribution in [2.24, 2.45) is 0 Å². The number of benzene rings is 1. The number of hydrogen-bond acceptors (Lipinski definition) is 2. The minimum atomic E-state index is -2.76. The molecule has 0 unspecified atom stereocenters. The average molecular weight is 358 g/mol. The summed E-state index contributed by atoms with van der Waals surface area (Å²) in [5.41, 5.74) is 0.753. The van der Waals surface area contributed by atoms with E-state index in [1.165, 1.54) is 51.7 Å². The molecule has 1 aromatic carbocycles. The zero-order valence-electron chi connectivity index (χ0n) is 15.6. The van der Waals surface area contributed by atoms with Crippen LogP contribution in [0.25, 0.3) is 23.1 Å². The molecule has 1 aliphatic carbocycles. The fourth-order valence-corrected chi connectivity index (χ4v) is 3.50. The van der Waals surface area contributed by atoms with E-state index in [0.717, 1.165) is 22.2 Å². The van der Waals surface area contributed by atoms with Crippen LogP contribution in [0.4, 0.5) is 8.78 Å². The lowest BCUT2D eigenvalue weighted by atomic mass is 10.1. The maximum absolute atomic E-state index is 13.2. The first-order chi connectivity index (χ1) is 12.6. The molecule has 1 fully saturated rings. The smallest absolute Gasteiger partial charge is 0.272 e. The number of pyridine rings is 1. The van der Waals surface area contributed by atoms with Gasteiger partial charge in [0.1, 0.15) is 0 Å². The van der Waals surface area contributed by atoms with E-state index in [9.17, 15) is 8.78 Å². The van der Waals surface area contributed by atoms with E-state index in [1.54, 1.807) is 6.08 Å². The highest BCUT2D eigenvalue weighted by Crippen LogP contribution is 2.21. The Morgan fingerprint density at radius 1 is 1.12 bits per heavy atom. The van der Waals surface area contributed by atoms with Gasteiger partial charge in [-0.25, -0.2) is 13.8 Å². The zero-order chi connectivity index (χ0) is 18.4. The summed E-state index contributed by atoms with van der Waals surface area (Å²) in [6.45, 7) is 6.33. The van der Waals surface area contributed by atoms with Gasteiger partial charge in [-0.05, 0) is 56.2 Å². The number of para-hydroxylation sites is 1. The average Bonchev–Trinajstić information content (AvgIpc) is 2.65. The summed E-state index contributed by atoms with van der Waals surface area (Å²) in [5, 5.41) is 2.16. The Kier molecular flexibility index (Phi) is 6.36. The molecule has 4 heteroatoms. The van der Waals surface area contributed by atoms with Crippen molar-refractivity contribution in [3.63, 3.8) is 0 Å². The second-order valence-electron chi connectivity index (χ2n) is 7.23. The number of fused-ring (bicyclic) bond motifs is 2. The highest BCUT2D eigenvalue weighted by Gasteiger charge is 2.26. The van der Waals surface area contributed by atoms with Gasteiger partial charge in [0.15, 0.2) is 0 Å². The Bertz CT molecular complexity index is 839. The molecule has 0 spiro atoms. The third-order valence-corrected chi connectivity index (χ3v) is 5.00. The minimum absolute atomic E-state index is 0.236. The summed E-state index contributed by atoms with van der Waals surface area (Å²) >= 11 is 0. The number of halogens is 2. The van der Waals surface area contributed by atoms with E-state index < -0.39 is 5.92 Å². The van der Waals surface area contributed by atoms with Gasteiger partial charge >= 0.3 is 0 Å². The van der Waals surface area contributed by atoms with E-state index in [-0.39, 0.29) is 6.42 Å². The number of hydrogen-bond donors (Lipinski definition) is 0. The molecule has 0 bridgehead atoms. The molecule has 0 saturated carbocycles. The Morgan fingerprint density at radius 3 is 2.65 bits per heavy atom. The van der Waals surface area contributed by atoms with Crippen molar-refractivity contribution in [2.45, 2.75) is 51.4 Å². The van der Waals surface area contributed by atoms with Gasteiger partial charge in [0, 0.05) is 17.9 Å². The predicted octanol–water partition coefficient (Wildman–Crippen LogP) is 4.11. The van der Waals surface area contributed by atoms with Crippen LogP contribution < -0.4 is 10.6 Å². The van der Waals surface area contributed by atoms with E-state index in [0.29, 0.717) is 5.35 Å². The topological polar surface area (TPSA) is 16.1 Å². The zero-order valence-corrected chi connectivity index (χ0v) is 15.6. The molecule has 0 amide bonds. The molecule has 1 aliphatic heterocycles. The number of nitrogens with zero attached hydrogens (tertiary/aromatic N) is 2. The largest absolute Gasteiger partial charge is 0.303 e. The fraction of sp³-hybridized carbons (Fsp3) is 0.500. The van der Waals surface area contributed by atoms with Gasteiger partial charge in [0.05, 0.1) is 10.9 Å². The summed E-state index contributed by atoms with van der Waals surface area (Å²) in [4.78, 5) is 6.85. The molecule has 26 heavy (non-hydrogen) atoms. The van der Waals surface area contributed by atoms with Crippen molar-refractivity contribution in [1.29, 1.82) is 0 Å². The second kappa shape index (κ2) is 8.72. The van der Waals surface area contributed by atoms with E-state index in [1.807, 2.05) is 30.3 Å². The van der Waals surface area contributed by atoms with E-state index in [4.69, 9.17) is 0 Å². The van der Waals surface area contributed by atoms with Crippen LogP contribution in [0.5, 0.6) is 0 Å². The van der Waals surface area contributed by atoms with Crippen molar-refractivity contribution >= 4 is 23.1 Å². The molecule has 0 radical (unpaired) electrons. The quantitative estimate of drug-likeness (QED) is 0.821. The van der Waals surface area contributed by atoms with Gasteiger partial charge in [0.2, 0.25) is 0 Å². The molecule has 1 aromatic heterocycles. The molecular weight excluding hydrogens is 330 g/mol. The minimum Gasteiger partial charge on any atom is -0.303 e. The van der Waals surface area contributed by atoms with Crippen molar-refractivity contribution in [2.75, 3.05) is 19.6 Å². The maximum atomic E-state index is 13.2. The van der Waals surface area contributed by atoms with Gasteiger partial charge in [-0.3, -0.25) is 0 Å². The number of likely N-dealkylation sites (tertiary alicyclic amines) is 1. The molecule has 2 nitrogen and oxygen atoms in total. The first-order valence-corrected chi connectivity index (χ1v) is 9.76. The van der Waals surface area contributed by atoms with Crippen LogP contribution in [0, 0.1) is 0 Å². The van der Waals surface area contributed by atoms with Crippen LogP contribution in [0.1, 0.15) is 45.4 Å². The molecule has 2 heterocycles. The van der Waals surface area contributed by atoms with Crippen molar-refractivity contribution in [1.82, 2.24) is 9.88 Å². The van der Waals surface area contributed by atoms with Gasteiger partial charge in [-0.1, -0.05) is 44.0 Å². The highest BCUT2D eigenvalue weighted by molar-refractivity contribution is 5.78. The standard InChI is InChI=1S/C13H9F2N.C9H19N/c14-13(15)6-5-10-7-9-3-1-2-4-11(9)16-12(10)8-13;1-2-3-7-10-8-5-4-6-9-10/h1-5,7-8H,6H2;2-9H2,1H3. The van der Waals surface area contributed by atoms with Gasteiger partial charge in [-0.15, -0.1) is 0 Å². The third-order valence-electron chi connectivity index (χ3n) is 5.00. The summed E-state index contributed by atoms with van der Waals surface area (Å²) in [7, 11) is 0. The van der Waals surface area contributed by atoms with Crippen LogP contribution in [0.15, 0.2) is 30.3 Å². The van der Waals surface area contributed by atoms with Crippen LogP contribution in [0.3, 0.4) is 0 Å². The number of piperidine rings is 1. The SMILES string of the molecule is CCCCN1CCCCC1.FC1(F)C=c2nc3ccccc3cc2=CC1. The number of rotatable bonds is 3. The first-order valence-electron chi connectivity index (χ1n) is 9.76. The van der Waals surface area contributed by atoms with Gasteiger partial charge < -0.3 is 4.90 Å². The lowest BCUT2D eigenvalue weighted by Crippen LogP contribution is -2.35. The van der Waals surface area contributed by atoms with Gasteiger partial charge in [-0.2, -0.15) is 0 Å². The van der Waals surface area contributed by atoms with Crippen molar-refractivity contribution in [3.8, 4) is 0 Å². The van der Waals surface area contributed by atoms with Gasteiger partial charge in [0.25, 0.3) is 5.92 Å². The molecule has 140 valence electrons. The molecule has 0 atom stereocenters. The summed E-state index contributed by atoms with van der Waals surface area (Å²) in [6, 6.07) is 9.44. The Balaban J connectivity index is 0.000000170. The Labute approximate surface area is 154 Å². The highest BCUT2D eigenvalue weighted by atomic mass is 19.3. The Morgan fingerprint density at radius 2 is 1.88 bits per heavy atom. The molecule has 1 saturated heterocycles. The third kappa shape index (κ3) is 5.10. The molecular formula is C22H28F2N2. The Hall–Kier alpha value is -1.81. The molecule has 0 N–H and O–H groups in total. The molecule has 2 aliphatic rings. The predicted molar refractivity (Wildman–Crippen MR) is 105 cm³/mol. The number of unbranched alkanes of at least 4 members (excludes halogenated alkanes) is 1. The molecule has 4 rings (SSSR count). The van der Waals surface area contributed by atoms with Crippen molar-refractivity contribution < 1.29 is 8.78 Å². The second-order valence-corrected chi connectivity index (χ2v) is 7.23.